The summed E-state index contributed by atoms with van der Waals surface area (Å²) in [6.45, 7) is 0.549. The lowest BCUT2D eigenvalue weighted by molar-refractivity contribution is -0.124. The molecule has 0 bridgehead atoms. The van der Waals surface area contributed by atoms with E-state index in [0.29, 0.717) is 18.7 Å². The summed E-state index contributed by atoms with van der Waals surface area (Å²) in [5.41, 5.74) is 2.17. The maximum Gasteiger partial charge on any atom is 0.266 e. The standard InChI is InChI=1S/C29H34N2O2S/c32-28-27(20-22-16-18-26(19-17-22)33-21-23-10-4-1-5-11-23)34-29(30-24-12-6-2-7-13-24)31(28)25-14-8-3-9-15-25/h1,4-5,10-11,16-20,24-25H,2-3,6-9,12-15,21H2. The Morgan fingerprint density at radius 2 is 1.56 bits per heavy atom. The van der Waals surface area contributed by atoms with Crippen LogP contribution >= 0.6 is 11.8 Å². The van der Waals surface area contributed by atoms with E-state index in [1.54, 1.807) is 11.8 Å². The number of aliphatic imine (C=N–C) groups is 1. The maximum atomic E-state index is 13.5. The first-order valence-electron chi connectivity index (χ1n) is 12.8. The molecule has 2 saturated carbocycles. The molecule has 3 fully saturated rings. The summed E-state index contributed by atoms with van der Waals surface area (Å²) in [7, 11) is 0. The van der Waals surface area contributed by atoms with Gasteiger partial charge in [-0.25, -0.2) is 0 Å². The quantitative estimate of drug-likeness (QED) is 0.416. The Morgan fingerprint density at radius 3 is 2.26 bits per heavy atom. The fourth-order valence-corrected chi connectivity index (χ4v) is 6.27. The second kappa shape index (κ2) is 11.3. The minimum absolute atomic E-state index is 0.135. The molecule has 5 rings (SSSR count). The van der Waals surface area contributed by atoms with Crippen LogP contribution < -0.4 is 4.74 Å². The number of benzene rings is 2. The zero-order chi connectivity index (χ0) is 23.2. The smallest absolute Gasteiger partial charge is 0.266 e. The molecule has 0 atom stereocenters. The molecule has 2 aliphatic carbocycles. The van der Waals surface area contributed by atoms with Crippen LogP contribution in [0, 0.1) is 0 Å². The zero-order valence-corrected chi connectivity index (χ0v) is 20.6. The summed E-state index contributed by atoms with van der Waals surface area (Å²) < 4.78 is 5.92. The molecule has 1 amide bonds. The highest BCUT2D eigenvalue weighted by molar-refractivity contribution is 8.18. The van der Waals surface area contributed by atoms with Crippen LogP contribution in [0.4, 0.5) is 0 Å². The fraction of sp³-hybridized carbons (Fsp3) is 0.448. The molecule has 0 unspecified atom stereocenters. The number of nitrogens with zero attached hydrogens (tertiary/aromatic N) is 2. The third kappa shape index (κ3) is 5.75. The summed E-state index contributed by atoms with van der Waals surface area (Å²) in [5.74, 6) is 0.968. The van der Waals surface area contributed by atoms with Crippen molar-refractivity contribution in [1.29, 1.82) is 0 Å². The van der Waals surface area contributed by atoms with Crippen LogP contribution in [0.1, 0.15) is 75.3 Å². The lowest BCUT2D eigenvalue weighted by Gasteiger charge is -2.31. The lowest BCUT2D eigenvalue weighted by atomic mass is 9.94. The molecule has 4 nitrogen and oxygen atoms in total. The summed E-state index contributed by atoms with van der Waals surface area (Å²) in [6.07, 6.45) is 14.0. The number of carbonyl (C=O) groups excluding carboxylic acids is 1. The molecule has 3 aliphatic rings. The summed E-state index contributed by atoms with van der Waals surface area (Å²) in [6, 6.07) is 18.9. The maximum absolute atomic E-state index is 13.5. The van der Waals surface area contributed by atoms with Gasteiger partial charge in [-0.1, -0.05) is 81.0 Å². The number of ether oxygens (including phenoxy) is 1. The van der Waals surface area contributed by atoms with Crippen LogP contribution in [0.25, 0.3) is 6.08 Å². The molecule has 1 saturated heterocycles. The van der Waals surface area contributed by atoms with Crippen LogP contribution in [0.5, 0.6) is 5.75 Å². The van der Waals surface area contributed by atoms with Crippen LogP contribution in [0.3, 0.4) is 0 Å². The van der Waals surface area contributed by atoms with Crippen molar-refractivity contribution in [1.82, 2.24) is 4.90 Å². The van der Waals surface area contributed by atoms with Crippen molar-refractivity contribution < 1.29 is 9.53 Å². The highest BCUT2D eigenvalue weighted by atomic mass is 32.2. The molecule has 178 valence electrons. The van der Waals surface area contributed by atoms with Gasteiger partial charge in [0.2, 0.25) is 0 Å². The molecule has 0 spiro atoms. The van der Waals surface area contributed by atoms with Gasteiger partial charge in [-0.05, 0) is 66.8 Å². The average Bonchev–Trinajstić information content (AvgIpc) is 3.19. The highest BCUT2D eigenvalue weighted by Crippen LogP contribution is 2.38. The molecule has 34 heavy (non-hydrogen) atoms. The average molecular weight is 475 g/mol. The second-order valence-corrected chi connectivity index (χ2v) is 10.6. The van der Waals surface area contributed by atoms with Gasteiger partial charge in [-0.3, -0.25) is 14.7 Å². The number of amides is 1. The SMILES string of the molecule is O=C1C(=Cc2ccc(OCc3ccccc3)cc2)SC(=NC2CCCCC2)N1C1CCCCC1. The van der Waals surface area contributed by atoms with E-state index in [0.717, 1.165) is 52.6 Å². The molecular formula is C29H34N2O2S. The molecule has 1 heterocycles. The van der Waals surface area contributed by atoms with Crippen molar-refractivity contribution >= 4 is 28.9 Å². The monoisotopic (exact) mass is 474 g/mol. The first kappa shape index (κ1) is 23.2. The number of thioether (sulfide) groups is 1. The minimum Gasteiger partial charge on any atom is -0.489 e. The Kier molecular flexibility index (Phi) is 7.69. The molecule has 1 aliphatic heterocycles. The minimum atomic E-state index is 0.135. The summed E-state index contributed by atoms with van der Waals surface area (Å²) >= 11 is 1.58. The molecule has 2 aromatic rings. The van der Waals surface area contributed by atoms with E-state index in [1.165, 1.54) is 38.5 Å². The molecular weight excluding hydrogens is 440 g/mol. The van der Waals surface area contributed by atoms with Crippen LogP contribution in [0.2, 0.25) is 0 Å². The van der Waals surface area contributed by atoms with Crippen molar-refractivity contribution in [3.8, 4) is 5.75 Å². The van der Waals surface area contributed by atoms with E-state index in [2.05, 4.69) is 12.1 Å². The van der Waals surface area contributed by atoms with E-state index >= 15 is 0 Å². The first-order valence-corrected chi connectivity index (χ1v) is 13.7. The highest BCUT2D eigenvalue weighted by Gasteiger charge is 2.39. The van der Waals surface area contributed by atoms with E-state index < -0.39 is 0 Å². The number of amidine groups is 1. The largest absolute Gasteiger partial charge is 0.489 e. The Bertz CT molecular complexity index is 1020. The van der Waals surface area contributed by atoms with Crippen molar-refractivity contribution in [3.63, 3.8) is 0 Å². The number of hydrogen-bond acceptors (Lipinski definition) is 4. The Hall–Kier alpha value is -2.53. The van der Waals surface area contributed by atoms with Crippen molar-refractivity contribution in [2.24, 2.45) is 4.99 Å². The number of rotatable bonds is 6. The number of carbonyl (C=O) groups is 1. The van der Waals surface area contributed by atoms with Gasteiger partial charge < -0.3 is 4.74 Å². The van der Waals surface area contributed by atoms with Gasteiger partial charge in [-0.2, -0.15) is 0 Å². The topological polar surface area (TPSA) is 41.9 Å². The van der Waals surface area contributed by atoms with Gasteiger partial charge in [0, 0.05) is 6.04 Å². The van der Waals surface area contributed by atoms with Gasteiger partial charge in [0.25, 0.3) is 5.91 Å². The normalized spacial score (nSPS) is 22.6. The van der Waals surface area contributed by atoms with Crippen molar-refractivity contribution in [2.75, 3.05) is 0 Å². The van der Waals surface area contributed by atoms with E-state index in [4.69, 9.17) is 9.73 Å². The molecule has 0 aromatic heterocycles. The third-order valence-electron chi connectivity index (χ3n) is 7.07. The first-order chi connectivity index (χ1) is 16.8. The van der Waals surface area contributed by atoms with E-state index in [1.807, 2.05) is 53.4 Å². The van der Waals surface area contributed by atoms with E-state index in [9.17, 15) is 4.79 Å². The second-order valence-electron chi connectivity index (χ2n) is 9.62. The zero-order valence-electron chi connectivity index (χ0n) is 19.8. The van der Waals surface area contributed by atoms with Gasteiger partial charge in [0.05, 0.1) is 10.9 Å². The van der Waals surface area contributed by atoms with Gasteiger partial charge >= 0.3 is 0 Å². The van der Waals surface area contributed by atoms with Crippen LogP contribution in [0.15, 0.2) is 64.5 Å². The molecule has 0 radical (unpaired) electrons. The molecule has 2 aromatic carbocycles. The van der Waals surface area contributed by atoms with E-state index in [-0.39, 0.29) is 5.91 Å². The third-order valence-corrected chi connectivity index (χ3v) is 8.07. The van der Waals surface area contributed by atoms with Gasteiger partial charge in [0.15, 0.2) is 5.17 Å². The summed E-state index contributed by atoms with van der Waals surface area (Å²) in [4.78, 5) is 21.5. The molecule has 0 N–H and O–H groups in total. The van der Waals surface area contributed by atoms with Gasteiger partial charge in [0.1, 0.15) is 12.4 Å². The Labute approximate surface area is 207 Å². The number of hydrogen-bond donors (Lipinski definition) is 0. The van der Waals surface area contributed by atoms with Crippen LogP contribution in [-0.2, 0) is 11.4 Å². The fourth-order valence-electron chi connectivity index (χ4n) is 5.16. The Morgan fingerprint density at radius 1 is 0.882 bits per heavy atom. The predicted molar refractivity (Wildman–Crippen MR) is 141 cm³/mol. The summed E-state index contributed by atoms with van der Waals surface area (Å²) in [5, 5.41) is 0.942. The van der Waals surface area contributed by atoms with Crippen LogP contribution in [-0.4, -0.2) is 28.1 Å². The van der Waals surface area contributed by atoms with Crippen molar-refractivity contribution in [2.45, 2.75) is 82.9 Å². The lowest BCUT2D eigenvalue weighted by Crippen LogP contribution is -2.41. The van der Waals surface area contributed by atoms with Gasteiger partial charge in [-0.15, -0.1) is 0 Å². The molecule has 5 heteroatoms. The Balaban J connectivity index is 1.31. The predicted octanol–water partition coefficient (Wildman–Crippen LogP) is 7.20. The van der Waals surface area contributed by atoms with Crippen molar-refractivity contribution in [3.05, 3.63) is 70.6 Å².